The van der Waals surface area contributed by atoms with Crippen LogP contribution in [0, 0.1) is 6.92 Å². The van der Waals surface area contributed by atoms with Crippen molar-refractivity contribution in [1.82, 2.24) is 15.1 Å². The molecular weight excluding hydrogens is 258 g/mol. The maximum absolute atomic E-state index is 6.08. The summed E-state index contributed by atoms with van der Waals surface area (Å²) < 4.78 is 1.95. The highest BCUT2D eigenvalue weighted by Crippen LogP contribution is 2.21. The third kappa shape index (κ3) is 3.58. The molecule has 0 saturated carbocycles. The summed E-state index contributed by atoms with van der Waals surface area (Å²) in [4.78, 5) is 0. The van der Waals surface area contributed by atoms with E-state index in [0.29, 0.717) is 0 Å². The van der Waals surface area contributed by atoms with Crippen molar-refractivity contribution in [2.24, 2.45) is 7.05 Å². The van der Waals surface area contributed by atoms with Gasteiger partial charge in [0, 0.05) is 30.2 Å². The topological polar surface area (TPSA) is 29.9 Å². The summed E-state index contributed by atoms with van der Waals surface area (Å²) in [6.07, 6.45) is 0.908. The van der Waals surface area contributed by atoms with Gasteiger partial charge in [0.2, 0.25) is 0 Å². The van der Waals surface area contributed by atoms with E-state index in [4.69, 9.17) is 11.6 Å². The quantitative estimate of drug-likeness (QED) is 0.909. The highest BCUT2D eigenvalue weighted by molar-refractivity contribution is 6.30. The number of rotatable bonds is 5. The Balaban J connectivity index is 2.23. The maximum atomic E-state index is 6.08. The van der Waals surface area contributed by atoms with Crippen molar-refractivity contribution in [2.45, 2.75) is 26.3 Å². The molecule has 0 aliphatic carbocycles. The molecule has 0 saturated heterocycles. The number of halogens is 1. The van der Waals surface area contributed by atoms with Gasteiger partial charge in [-0.1, -0.05) is 30.7 Å². The van der Waals surface area contributed by atoms with E-state index in [0.717, 1.165) is 23.7 Å². The molecule has 0 radical (unpaired) electrons. The molecule has 1 unspecified atom stereocenters. The summed E-state index contributed by atoms with van der Waals surface area (Å²) in [5.41, 5.74) is 3.50. The second kappa shape index (κ2) is 6.22. The number of nitrogens with zero attached hydrogens (tertiary/aromatic N) is 2. The Kier molecular flexibility index (Phi) is 4.61. The van der Waals surface area contributed by atoms with E-state index in [1.54, 1.807) is 0 Å². The fourth-order valence-electron chi connectivity index (χ4n) is 2.34. The summed E-state index contributed by atoms with van der Waals surface area (Å²) in [7, 11) is 1.99. The van der Waals surface area contributed by atoms with Crippen LogP contribution in [0.5, 0.6) is 0 Å². The third-order valence-corrected chi connectivity index (χ3v) is 3.45. The average Bonchev–Trinajstić information content (AvgIpc) is 2.67. The lowest BCUT2D eigenvalue weighted by molar-refractivity contribution is 0.529. The Morgan fingerprint density at radius 3 is 2.74 bits per heavy atom. The summed E-state index contributed by atoms with van der Waals surface area (Å²) in [6, 6.07) is 10.4. The van der Waals surface area contributed by atoms with Crippen LogP contribution in [0.3, 0.4) is 0 Å². The van der Waals surface area contributed by atoms with E-state index in [1.807, 2.05) is 36.9 Å². The zero-order valence-corrected chi connectivity index (χ0v) is 12.4. The van der Waals surface area contributed by atoms with Gasteiger partial charge in [-0.25, -0.2) is 0 Å². The number of nitrogens with one attached hydrogen (secondary N) is 1. The smallest absolute Gasteiger partial charge is 0.0596 e. The van der Waals surface area contributed by atoms with Crippen LogP contribution in [0.15, 0.2) is 30.3 Å². The monoisotopic (exact) mass is 277 g/mol. The van der Waals surface area contributed by atoms with Crippen LogP contribution >= 0.6 is 11.6 Å². The third-order valence-electron chi connectivity index (χ3n) is 3.21. The van der Waals surface area contributed by atoms with E-state index in [9.17, 15) is 0 Å². The van der Waals surface area contributed by atoms with Gasteiger partial charge in [0.05, 0.1) is 5.69 Å². The molecule has 2 aromatic rings. The minimum atomic E-state index is 0.262. The van der Waals surface area contributed by atoms with Crippen LogP contribution in [0.25, 0.3) is 0 Å². The van der Waals surface area contributed by atoms with E-state index >= 15 is 0 Å². The first-order chi connectivity index (χ1) is 9.10. The molecule has 1 atom stereocenters. The van der Waals surface area contributed by atoms with Gasteiger partial charge < -0.3 is 5.32 Å². The highest BCUT2D eigenvalue weighted by atomic mass is 35.5. The lowest BCUT2D eigenvalue weighted by Gasteiger charge is -2.18. The van der Waals surface area contributed by atoms with Gasteiger partial charge in [0.1, 0.15) is 0 Å². The standard InChI is InChI=1S/C15H20ClN3/c1-4-17-15(12-6-5-7-13(16)9-12)10-14-8-11(2)18-19(14)3/h5-9,15,17H,4,10H2,1-3H3. The normalized spacial score (nSPS) is 12.6. The first kappa shape index (κ1) is 14.1. The van der Waals surface area contributed by atoms with Crippen molar-refractivity contribution in [1.29, 1.82) is 0 Å². The van der Waals surface area contributed by atoms with Gasteiger partial charge in [-0.05, 0) is 37.2 Å². The molecule has 0 spiro atoms. The van der Waals surface area contributed by atoms with Gasteiger partial charge in [0.15, 0.2) is 0 Å². The molecule has 1 aromatic heterocycles. The summed E-state index contributed by atoms with van der Waals surface area (Å²) in [5, 5.41) is 8.69. The fourth-order valence-corrected chi connectivity index (χ4v) is 2.54. The van der Waals surface area contributed by atoms with E-state index in [2.05, 4.69) is 29.5 Å². The molecule has 2 rings (SSSR count). The fraction of sp³-hybridized carbons (Fsp3) is 0.400. The molecule has 0 aliphatic heterocycles. The largest absolute Gasteiger partial charge is 0.310 e. The second-order valence-electron chi connectivity index (χ2n) is 4.77. The Bertz CT molecular complexity index is 548. The van der Waals surface area contributed by atoms with Gasteiger partial charge in [-0.2, -0.15) is 5.10 Å². The minimum Gasteiger partial charge on any atom is -0.310 e. The van der Waals surface area contributed by atoms with Gasteiger partial charge >= 0.3 is 0 Å². The van der Waals surface area contributed by atoms with Crippen LogP contribution in [-0.4, -0.2) is 16.3 Å². The average molecular weight is 278 g/mol. The molecule has 0 aliphatic rings. The Hall–Kier alpha value is -1.32. The first-order valence-electron chi connectivity index (χ1n) is 6.58. The molecule has 1 aromatic carbocycles. The lowest BCUT2D eigenvalue weighted by Crippen LogP contribution is -2.23. The molecule has 4 heteroatoms. The van der Waals surface area contributed by atoms with Crippen molar-refractivity contribution < 1.29 is 0 Å². The molecule has 1 N–H and O–H groups in total. The molecule has 3 nitrogen and oxygen atoms in total. The van der Waals surface area contributed by atoms with Crippen molar-refractivity contribution in [3.63, 3.8) is 0 Å². The lowest BCUT2D eigenvalue weighted by atomic mass is 10.0. The first-order valence-corrected chi connectivity index (χ1v) is 6.96. The number of aryl methyl sites for hydroxylation is 2. The Labute approximate surface area is 119 Å². The number of benzene rings is 1. The summed E-state index contributed by atoms with van der Waals surface area (Å²) in [5.74, 6) is 0. The van der Waals surface area contributed by atoms with Gasteiger partial charge in [-0.3, -0.25) is 4.68 Å². The predicted octanol–water partition coefficient (Wildman–Crippen LogP) is 3.28. The molecular formula is C15H20ClN3. The molecule has 19 heavy (non-hydrogen) atoms. The van der Waals surface area contributed by atoms with Crippen LogP contribution in [-0.2, 0) is 13.5 Å². The van der Waals surface area contributed by atoms with Gasteiger partial charge in [-0.15, -0.1) is 0 Å². The highest BCUT2D eigenvalue weighted by Gasteiger charge is 2.14. The van der Waals surface area contributed by atoms with Crippen molar-refractivity contribution in [2.75, 3.05) is 6.54 Å². The summed E-state index contributed by atoms with van der Waals surface area (Å²) >= 11 is 6.08. The van der Waals surface area contributed by atoms with E-state index in [1.165, 1.54) is 11.3 Å². The number of aromatic nitrogens is 2. The number of hydrogen-bond acceptors (Lipinski definition) is 2. The second-order valence-corrected chi connectivity index (χ2v) is 5.21. The van der Waals surface area contributed by atoms with Crippen LogP contribution in [0.1, 0.15) is 29.9 Å². The van der Waals surface area contributed by atoms with E-state index in [-0.39, 0.29) is 6.04 Å². The zero-order chi connectivity index (χ0) is 13.8. The van der Waals surface area contributed by atoms with Crippen molar-refractivity contribution >= 4 is 11.6 Å². The molecule has 0 fully saturated rings. The van der Waals surface area contributed by atoms with Crippen molar-refractivity contribution in [3.05, 3.63) is 52.3 Å². The maximum Gasteiger partial charge on any atom is 0.0596 e. The predicted molar refractivity (Wildman–Crippen MR) is 79.5 cm³/mol. The zero-order valence-electron chi connectivity index (χ0n) is 11.7. The van der Waals surface area contributed by atoms with E-state index < -0.39 is 0 Å². The molecule has 102 valence electrons. The van der Waals surface area contributed by atoms with Crippen molar-refractivity contribution in [3.8, 4) is 0 Å². The molecule has 0 amide bonds. The Morgan fingerprint density at radius 2 is 2.16 bits per heavy atom. The van der Waals surface area contributed by atoms with Crippen LogP contribution in [0.4, 0.5) is 0 Å². The molecule has 0 bridgehead atoms. The minimum absolute atomic E-state index is 0.262. The van der Waals surface area contributed by atoms with Crippen LogP contribution in [0.2, 0.25) is 5.02 Å². The molecule has 1 heterocycles. The Morgan fingerprint density at radius 1 is 1.37 bits per heavy atom. The SMILES string of the molecule is CCNC(Cc1cc(C)nn1C)c1cccc(Cl)c1. The number of hydrogen-bond donors (Lipinski definition) is 1. The van der Waals surface area contributed by atoms with Gasteiger partial charge in [0.25, 0.3) is 0 Å². The van der Waals surface area contributed by atoms with Crippen LogP contribution < -0.4 is 5.32 Å². The summed E-state index contributed by atoms with van der Waals surface area (Å²) in [6.45, 7) is 5.06. The number of likely N-dealkylation sites (N-methyl/N-ethyl adjacent to an activating group) is 1.